The Kier molecular flexibility index (Phi) is 5.03. The van der Waals surface area contributed by atoms with Crippen LogP contribution in [0.2, 0.25) is 0 Å². The molecule has 1 heterocycles. The second kappa shape index (κ2) is 7.94. The minimum absolute atomic E-state index is 0.0824. The van der Waals surface area contributed by atoms with Crippen molar-refractivity contribution in [3.05, 3.63) is 113 Å². The number of amides is 2. The first-order valence-corrected chi connectivity index (χ1v) is 9.18. The Labute approximate surface area is 168 Å². The van der Waals surface area contributed by atoms with E-state index in [1.165, 1.54) is 0 Å². The molecular formula is C24H18N2O3. The molecule has 4 rings (SSSR count). The van der Waals surface area contributed by atoms with Crippen molar-refractivity contribution in [3.8, 4) is 0 Å². The molecule has 0 spiro atoms. The molecule has 0 bridgehead atoms. The molecule has 1 aliphatic heterocycles. The number of aliphatic imine (C=N–C) groups is 1. The Hall–Kier alpha value is -3.99. The van der Waals surface area contributed by atoms with Gasteiger partial charge in [-0.25, -0.2) is 4.90 Å². The van der Waals surface area contributed by atoms with Gasteiger partial charge in [0.05, 0.1) is 17.9 Å². The third kappa shape index (κ3) is 3.58. The molecule has 0 saturated carbocycles. The molecule has 0 aromatic heterocycles. The number of para-hydroxylation sites is 1. The van der Waals surface area contributed by atoms with E-state index in [4.69, 9.17) is 0 Å². The van der Waals surface area contributed by atoms with Crippen LogP contribution in [0.25, 0.3) is 0 Å². The van der Waals surface area contributed by atoms with Gasteiger partial charge in [-0.05, 0) is 17.7 Å². The van der Waals surface area contributed by atoms with Crippen LogP contribution in [0.3, 0.4) is 0 Å². The highest BCUT2D eigenvalue weighted by molar-refractivity contribution is 6.43. The molecule has 2 amide bonds. The van der Waals surface area contributed by atoms with Crippen LogP contribution in [0, 0.1) is 0 Å². The number of aliphatic hydroxyl groups is 1. The first kappa shape index (κ1) is 18.4. The number of hydrogen-bond acceptors (Lipinski definition) is 4. The normalized spacial score (nSPS) is 14.6. The number of nitrogens with zero attached hydrogens (tertiary/aromatic N) is 2. The molecule has 1 aliphatic rings. The third-order valence-corrected chi connectivity index (χ3v) is 4.62. The van der Waals surface area contributed by atoms with Crippen LogP contribution in [0.15, 0.2) is 107 Å². The molecule has 0 atom stereocenters. The largest absolute Gasteiger partial charge is 0.502 e. The molecule has 142 valence electrons. The summed E-state index contributed by atoms with van der Waals surface area (Å²) in [7, 11) is 0. The number of carbonyl (C=O) groups is 2. The molecule has 0 fully saturated rings. The molecule has 3 aromatic carbocycles. The fourth-order valence-corrected chi connectivity index (χ4v) is 3.21. The van der Waals surface area contributed by atoms with E-state index >= 15 is 0 Å². The Balaban J connectivity index is 1.78. The molecule has 1 N–H and O–H groups in total. The van der Waals surface area contributed by atoms with E-state index in [0.29, 0.717) is 23.5 Å². The van der Waals surface area contributed by atoms with Gasteiger partial charge in [0.15, 0.2) is 5.76 Å². The number of hydrogen-bond donors (Lipinski definition) is 1. The van der Waals surface area contributed by atoms with Crippen molar-refractivity contribution >= 4 is 23.2 Å². The van der Waals surface area contributed by atoms with Gasteiger partial charge in [0.2, 0.25) is 0 Å². The van der Waals surface area contributed by atoms with Gasteiger partial charge in [-0.1, -0.05) is 78.9 Å². The Morgan fingerprint density at radius 3 is 1.93 bits per heavy atom. The number of benzene rings is 3. The van der Waals surface area contributed by atoms with E-state index in [0.717, 1.165) is 10.5 Å². The lowest BCUT2D eigenvalue weighted by molar-refractivity contribution is -0.121. The van der Waals surface area contributed by atoms with Gasteiger partial charge >= 0.3 is 5.91 Å². The van der Waals surface area contributed by atoms with Gasteiger partial charge in [0.1, 0.15) is 5.57 Å². The maximum atomic E-state index is 13.2. The maximum Gasteiger partial charge on any atom is 0.301 e. The molecule has 5 nitrogen and oxygen atoms in total. The lowest BCUT2D eigenvalue weighted by Gasteiger charge is -2.14. The fraction of sp³-hybridized carbons (Fsp3) is 0.0417. The van der Waals surface area contributed by atoms with Gasteiger partial charge in [-0.3, -0.25) is 14.6 Å². The first-order valence-electron chi connectivity index (χ1n) is 9.18. The van der Waals surface area contributed by atoms with Crippen LogP contribution in [-0.2, 0) is 16.1 Å². The quantitative estimate of drug-likeness (QED) is 0.534. The van der Waals surface area contributed by atoms with Crippen molar-refractivity contribution in [2.24, 2.45) is 4.99 Å². The van der Waals surface area contributed by atoms with Crippen LogP contribution in [-0.4, -0.2) is 22.6 Å². The van der Waals surface area contributed by atoms with Crippen molar-refractivity contribution < 1.29 is 14.7 Å². The zero-order chi connectivity index (χ0) is 20.2. The molecule has 0 aliphatic carbocycles. The molecule has 0 saturated heterocycles. The summed E-state index contributed by atoms with van der Waals surface area (Å²) in [4.78, 5) is 31.4. The smallest absolute Gasteiger partial charge is 0.301 e. The number of anilines is 1. The second-order valence-corrected chi connectivity index (χ2v) is 6.52. The zero-order valence-electron chi connectivity index (χ0n) is 15.5. The molecule has 0 radical (unpaired) electrons. The number of aliphatic hydroxyl groups excluding tert-OH is 1. The zero-order valence-corrected chi connectivity index (χ0v) is 15.5. The summed E-state index contributed by atoms with van der Waals surface area (Å²) in [6.45, 7) is 0.314. The average Bonchev–Trinajstić information content (AvgIpc) is 2.99. The average molecular weight is 382 g/mol. The number of carbonyl (C=O) groups excluding carboxylic acids is 2. The van der Waals surface area contributed by atoms with E-state index < -0.39 is 17.6 Å². The molecule has 3 aromatic rings. The highest BCUT2D eigenvalue weighted by Gasteiger charge is 2.42. The molecular weight excluding hydrogens is 364 g/mol. The maximum absolute atomic E-state index is 13.2. The molecule has 5 heteroatoms. The summed E-state index contributed by atoms with van der Waals surface area (Å²) in [5.74, 6) is -1.93. The Morgan fingerprint density at radius 2 is 1.31 bits per heavy atom. The summed E-state index contributed by atoms with van der Waals surface area (Å²) in [6.07, 6.45) is 0. The van der Waals surface area contributed by atoms with E-state index in [1.807, 2.05) is 48.5 Å². The van der Waals surface area contributed by atoms with Crippen molar-refractivity contribution in [2.75, 3.05) is 4.90 Å². The molecule has 29 heavy (non-hydrogen) atoms. The van der Waals surface area contributed by atoms with Crippen LogP contribution in [0.1, 0.15) is 11.1 Å². The molecule has 0 unspecified atom stereocenters. The topological polar surface area (TPSA) is 70.0 Å². The summed E-state index contributed by atoms with van der Waals surface area (Å²) >= 11 is 0. The number of rotatable bonds is 5. The van der Waals surface area contributed by atoms with Gasteiger partial charge in [0.25, 0.3) is 5.91 Å². The lowest BCUT2D eigenvalue weighted by atomic mass is 10.0. The third-order valence-electron chi connectivity index (χ3n) is 4.62. The van der Waals surface area contributed by atoms with Crippen LogP contribution < -0.4 is 4.90 Å². The summed E-state index contributed by atoms with van der Waals surface area (Å²) < 4.78 is 0. The minimum Gasteiger partial charge on any atom is -0.502 e. The highest BCUT2D eigenvalue weighted by Crippen LogP contribution is 2.28. The predicted molar refractivity (Wildman–Crippen MR) is 112 cm³/mol. The first-order chi connectivity index (χ1) is 14.2. The predicted octanol–water partition coefficient (Wildman–Crippen LogP) is 4.06. The standard InChI is InChI=1S/C24H18N2O3/c27-22-20(23(28)26(24(22)29)19-14-8-3-9-15-19)21(18-12-6-2-7-13-18)25-16-17-10-4-1-5-11-17/h1-15,27H,16H2. The monoisotopic (exact) mass is 382 g/mol. The highest BCUT2D eigenvalue weighted by atomic mass is 16.3. The SMILES string of the molecule is O=C1C(O)=C(C(=NCc2ccccc2)c2ccccc2)C(=O)N1c1ccccc1. The summed E-state index contributed by atoms with van der Waals surface area (Å²) in [5.41, 5.74) is 2.22. The van der Waals surface area contributed by atoms with Crippen molar-refractivity contribution in [3.63, 3.8) is 0 Å². The Bertz CT molecular complexity index is 1100. The van der Waals surface area contributed by atoms with Crippen molar-refractivity contribution in [1.29, 1.82) is 0 Å². The van der Waals surface area contributed by atoms with Crippen LogP contribution >= 0.6 is 0 Å². The van der Waals surface area contributed by atoms with Gasteiger partial charge in [-0.2, -0.15) is 0 Å². The van der Waals surface area contributed by atoms with E-state index in [1.54, 1.807) is 42.5 Å². The minimum atomic E-state index is -0.750. The van der Waals surface area contributed by atoms with Gasteiger partial charge in [0, 0.05) is 5.56 Å². The van der Waals surface area contributed by atoms with Crippen molar-refractivity contribution in [2.45, 2.75) is 6.54 Å². The Morgan fingerprint density at radius 1 is 0.759 bits per heavy atom. The van der Waals surface area contributed by atoms with E-state index in [2.05, 4.69) is 4.99 Å². The van der Waals surface area contributed by atoms with E-state index in [9.17, 15) is 14.7 Å². The number of imide groups is 1. The van der Waals surface area contributed by atoms with Crippen LogP contribution in [0.4, 0.5) is 5.69 Å². The summed E-state index contributed by atoms with van der Waals surface area (Å²) in [5, 5.41) is 10.6. The van der Waals surface area contributed by atoms with Gasteiger partial charge < -0.3 is 5.11 Å². The second-order valence-electron chi connectivity index (χ2n) is 6.52. The van der Waals surface area contributed by atoms with Gasteiger partial charge in [-0.15, -0.1) is 0 Å². The van der Waals surface area contributed by atoms with Crippen molar-refractivity contribution in [1.82, 2.24) is 0 Å². The van der Waals surface area contributed by atoms with Crippen LogP contribution in [0.5, 0.6) is 0 Å². The van der Waals surface area contributed by atoms with E-state index in [-0.39, 0.29) is 5.57 Å². The summed E-state index contributed by atoms with van der Waals surface area (Å²) in [6, 6.07) is 27.2. The lowest BCUT2D eigenvalue weighted by Crippen LogP contribution is -2.32. The fourth-order valence-electron chi connectivity index (χ4n) is 3.21.